The van der Waals surface area contributed by atoms with Gasteiger partial charge in [-0.25, -0.2) is 14.0 Å². The molecule has 2 aromatic rings. The van der Waals surface area contributed by atoms with E-state index in [2.05, 4.69) is 21.2 Å². The number of amides is 1. The maximum atomic E-state index is 13.8. The molecule has 1 heterocycles. The molecule has 28 heavy (non-hydrogen) atoms. The molecule has 0 atom stereocenters. The highest BCUT2D eigenvalue weighted by atomic mass is 79.9. The summed E-state index contributed by atoms with van der Waals surface area (Å²) in [7, 11) is 0. The van der Waals surface area contributed by atoms with E-state index in [1.165, 1.54) is 23.5 Å². The van der Waals surface area contributed by atoms with Gasteiger partial charge in [-0.1, -0.05) is 15.9 Å². The minimum absolute atomic E-state index is 0.229. The standard InChI is InChI=1S/C19H17BrFNO5S/c1-2-26-19(25)16-12-4-3-5-14(12)28-17(16)22-15(23)9-27-18(24)11-7-6-10(20)8-13(11)21/h6-8H,2-5,9H2,1H3,(H,22,23). The van der Waals surface area contributed by atoms with Crippen molar-refractivity contribution in [3.8, 4) is 0 Å². The van der Waals surface area contributed by atoms with Crippen LogP contribution in [-0.4, -0.2) is 31.1 Å². The third kappa shape index (κ3) is 4.41. The van der Waals surface area contributed by atoms with Crippen molar-refractivity contribution in [2.75, 3.05) is 18.5 Å². The average molecular weight is 470 g/mol. The highest BCUT2D eigenvalue weighted by Crippen LogP contribution is 2.39. The first-order chi connectivity index (χ1) is 13.4. The molecule has 0 radical (unpaired) electrons. The number of esters is 2. The Morgan fingerprint density at radius 1 is 1.21 bits per heavy atom. The number of aryl methyl sites for hydroxylation is 1. The van der Waals surface area contributed by atoms with Gasteiger partial charge in [0.2, 0.25) is 0 Å². The number of ether oxygens (including phenoxy) is 2. The number of halogens is 2. The van der Waals surface area contributed by atoms with Gasteiger partial charge in [0, 0.05) is 9.35 Å². The molecular formula is C19H17BrFNO5S. The van der Waals surface area contributed by atoms with Crippen molar-refractivity contribution in [1.29, 1.82) is 0 Å². The second-order valence-corrected chi connectivity index (χ2v) is 8.05. The molecule has 148 valence electrons. The van der Waals surface area contributed by atoms with E-state index >= 15 is 0 Å². The lowest BCUT2D eigenvalue weighted by Gasteiger charge is -2.09. The van der Waals surface area contributed by atoms with Crippen LogP contribution in [0.25, 0.3) is 0 Å². The normalized spacial score (nSPS) is 12.4. The van der Waals surface area contributed by atoms with E-state index in [1.807, 2.05) is 0 Å². The van der Waals surface area contributed by atoms with Crippen LogP contribution >= 0.6 is 27.3 Å². The number of nitrogens with one attached hydrogen (secondary N) is 1. The summed E-state index contributed by atoms with van der Waals surface area (Å²) in [4.78, 5) is 37.5. The van der Waals surface area contributed by atoms with E-state index in [0.717, 1.165) is 35.8 Å². The first kappa shape index (κ1) is 20.5. The molecule has 1 N–H and O–H groups in total. The summed E-state index contributed by atoms with van der Waals surface area (Å²) >= 11 is 4.43. The minimum Gasteiger partial charge on any atom is -0.462 e. The SMILES string of the molecule is CCOC(=O)c1c(NC(=O)COC(=O)c2ccc(Br)cc2F)sc2c1CCC2. The first-order valence-electron chi connectivity index (χ1n) is 8.64. The van der Waals surface area contributed by atoms with Crippen LogP contribution in [0.2, 0.25) is 0 Å². The van der Waals surface area contributed by atoms with Gasteiger partial charge >= 0.3 is 11.9 Å². The minimum atomic E-state index is -0.945. The maximum Gasteiger partial charge on any atom is 0.341 e. The first-order valence-corrected chi connectivity index (χ1v) is 10.2. The van der Waals surface area contributed by atoms with Crippen LogP contribution in [0, 0.1) is 5.82 Å². The quantitative estimate of drug-likeness (QED) is 0.643. The average Bonchev–Trinajstić information content (AvgIpc) is 3.20. The Labute approximate surface area is 173 Å². The Morgan fingerprint density at radius 2 is 2.00 bits per heavy atom. The summed E-state index contributed by atoms with van der Waals surface area (Å²) in [6, 6.07) is 3.90. The summed E-state index contributed by atoms with van der Waals surface area (Å²) in [5.41, 5.74) is 1.02. The molecule has 1 amide bonds. The molecule has 1 aromatic carbocycles. The zero-order valence-electron chi connectivity index (χ0n) is 15.0. The third-order valence-corrected chi connectivity index (χ3v) is 5.84. The highest BCUT2D eigenvalue weighted by molar-refractivity contribution is 9.10. The second-order valence-electron chi connectivity index (χ2n) is 6.03. The number of benzene rings is 1. The molecule has 0 aliphatic heterocycles. The smallest absolute Gasteiger partial charge is 0.341 e. The monoisotopic (exact) mass is 469 g/mol. The van der Waals surface area contributed by atoms with Crippen LogP contribution in [0.1, 0.15) is 44.5 Å². The summed E-state index contributed by atoms with van der Waals surface area (Å²) in [6.45, 7) is 1.34. The van der Waals surface area contributed by atoms with Crippen LogP contribution in [0.3, 0.4) is 0 Å². The molecule has 0 saturated heterocycles. The number of carbonyl (C=O) groups is 3. The fourth-order valence-electron chi connectivity index (χ4n) is 2.94. The van der Waals surface area contributed by atoms with Gasteiger partial charge in [0.1, 0.15) is 10.8 Å². The van der Waals surface area contributed by atoms with Crippen molar-refractivity contribution in [2.24, 2.45) is 0 Å². The van der Waals surface area contributed by atoms with Crippen LogP contribution in [-0.2, 0) is 27.1 Å². The van der Waals surface area contributed by atoms with Crippen LogP contribution in [0.5, 0.6) is 0 Å². The van der Waals surface area contributed by atoms with Crippen molar-refractivity contribution in [1.82, 2.24) is 0 Å². The van der Waals surface area contributed by atoms with E-state index < -0.39 is 30.3 Å². The molecule has 1 aliphatic rings. The van der Waals surface area contributed by atoms with E-state index in [0.29, 0.717) is 15.0 Å². The topological polar surface area (TPSA) is 81.7 Å². The van der Waals surface area contributed by atoms with Crippen molar-refractivity contribution < 1.29 is 28.2 Å². The van der Waals surface area contributed by atoms with E-state index in [4.69, 9.17) is 9.47 Å². The Bertz CT molecular complexity index is 943. The van der Waals surface area contributed by atoms with Gasteiger partial charge < -0.3 is 14.8 Å². The van der Waals surface area contributed by atoms with Crippen molar-refractivity contribution in [2.45, 2.75) is 26.2 Å². The Hall–Kier alpha value is -2.26. The molecule has 1 aromatic heterocycles. The molecule has 0 unspecified atom stereocenters. The molecular weight excluding hydrogens is 453 g/mol. The molecule has 0 fully saturated rings. The number of hydrogen-bond acceptors (Lipinski definition) is 6. The lowest BCUT2D eigenvalue weighted by Crippen LogP contribution is -2.22. The second kappa shape index (κ2) is 8.83. The molecule has 6 nitrogen and oxygen atoms in total. The van der Waals surface area contributed by atoms with Gasteiger partial charge in [-0.05, 0) is 49.9 Å². The summed E-state index contributed by atoms with van der Waals surface area (Å²) in [5.74, 6) is -2.79. The lowest BCUT2D eigenvalue weighted by molar-refractivity contribution is -0.119. The van der Waals surface area contributed by atoms with Crippen LogP contribution < -0.4 is 5.32 Å². The fourth-order valence-corrected chi connectivity index (χ4v) is 4.56. The maximum absolute atomic E-state index is 13.8. The molecule has 0 saturated carbocycles. The largest absolute Gasteiger partial charge is 0.462 e. The predicted molar refractivity (Wildman–Crippen MR) is 105 cm³/mol. The van der Waals surface area contributed by atoms with Gasteiger partial charge in [0.05, 0.1) is 17.7 Å². The number of carbonyl (C=O) groups excluding carboxylic acids is 3. The van der Waals surface area contributed by atoms with Gasteiger partial charge in [0.15, 0.2) is 6.61 Å². The molecule has 1 aliphatic carbocycles. The summed E-state index contributed by atoms with van der Waals surface area (Å²) < 4.78 is 24.3. The van der Waals surface area contributed by atoms with Crippen LogP contribution in [0.15, 0.2) is 22.7 Å². The van der Waals surface area contributed by atoms with E-state index in [1.54, 1.807) is 6.92 Å². The number of anilines is 1. The number of rotatable bonds is 6. The molecule has 3 rings (SSSR count). The van der Waals surface area contributed by atoms with Gasteiger partial charge in [-0.3, -0.25) is 4.79 Å². The van der Waals surface area contributed by atoms with Crippen molar-refractivity contribution in [3.05, 3.63) is 50.1 Å². The molecule has 9 heteroatoms. The van der Waals surface area contributed by atoms with Gasteiger partial charge in [-0.15, -0.1) is 11.3 Å². The Morgan fingerprint density at radius 3 is 2.71 bits per heavy atom. The van der Waals surface area contributed by atoms with E-state index in [-0.39, 0.29) is 12.2 Å². The van der Waals surface area contributed by atoms with Gasteiger partial charge in [0.25, 0.3) is 5.91 Å². The number of fused-ring (bicyclic) bond motifs is 1. The highest BCUT2D eigenvalue weighted by Gasteiger charge is 2.28. The molecule has 0 bridgehead atoms. The van der Waals surface area contributed by atoms with E-state index in [9.17, 15) is 18.8 Å². The molecule has 0 spiro atoms. The number of hydrogen-bond donors (Lipinski definition) is 1. The van der Waals surface area contributed by atoms with Crippen molar-refractivity contribution in [3.63, 3.8) is 0 Å². The fraction of sp³-hybridized carbons (Fsp3) is 0.316. The third-order valence-electron chi connectivity index (χ3n) is 4.14. The zero-order valence-corrected chi connectivity index (χ0v) is 17.4. The van der Waals surface area contributed by atoms with Crippen molar-refractivity contribution >= 4 is 50.1 Å². The predicted octanol–water partition coefficient (Wildman–Crippen LogP) is 4.11. The Kier molecular flexibility index (Phi) is 6.46. The lowest BCUT2D eigenvalue weighted by atomic mass is 10.1. The Balaban J connectivity index is 1.67. The van der Waals surface area contributed by atoms with Crippen LogP contribution in [0.4, 0.5) is 9.39 Å². The number of thiophene rings is 1. The summed E-state index contributed by atoms with van der Waals surface area (Å²) in [6.07, 6.45) is 2.56. The zero-order chi connectivity index (χ0) is 20.3. The van der Waals surface area contributed by atoms with Gasteiger partial charge in [-0.2, -0.15) is 0 Å². The summed E-state index contributed by atoms with van der Waals surface area (Å²) in [5, 5.41) is 3.00.